The molecule has 0 amide bonds. The van der Waals surface area contributed by atoms with Crippen LogP contribution in [0, 0.1) is 6.92 Å². The number of carbonyl (C=O) groups excluding carboxylic acids is 1. The molecule has 0 radical (unpaired) electrons. The van der Waals surface area contributed by atoms with Gasteiger partial charge in [-0.3, -0.25) is 4.79 Å². The van der Waals surface area contributed by atoms with Crippen LogP contribution in [-0.4, -0.2) is 12.6 Å². The Labute approximate surface area is 130 Å². The fourth-order valence-corrected chi connectivity index (χ4v) is 4.11. The number of esters is 1. The van der Waals surface area contributed by atoms with Gasteiger partial charge in [0.2, 0.25) is 0 Å². The van der Waals surface area contributed by atoms with Gasteiger partial charge in [-0.05, 0) is 61.8 Å². The number of hydrogen-bond acceptors (Lipinski definition) is 2. The van der Waals surface area contributed by atoms with Gasteiger partial charge in [0.15, 0.2) is 0 Å². The van der Waals surface area contributed by atoms with Crippen LogP contribution in [0.3, 0.4) is 0 Å². The van der Waals surface area contributed by atoms with Gasteiger partial charge in [0.05, 0.1) is 6.61 Å². The first-order chi connectivity index (χ1) is 9.61. The van der Waals surface area contributed by atoms with E-state index in [4.69, 9.17) is 4.74 Å². The molecule has 0 heterocycles. The molecule has 1 saturated carbocycles. The lowest BCUT2D eigenvalue weighted by atomic mass is 9.91. The molecule has 1 fully saturated rings. The second-order valence-corrected chi connectivity index (χ2v) is 6.45. The van der Waals surface area contributed by atoms with E-state index in [0.29, 0.717) is 18.9 Å². The van der Waals surface area contributed by atoms with Gasteiger partial charge in [-0.15, -0.1) is 0 Å². The number of carbonyl (C=O) groups is 1. The zero-order chi connectivity index (χ0) is 14.5. The van der Waals surface area contributed by atoms with Gasteiger partial charge in [0.1, 0.15) is 0 Å². The maximum absolute atomic E-state index is 11.4. The van der Waals surface area contributed by atoms with Crippen LogP contribution in [0.4, 0.5) is 0 Å². The van der Waals surface area contributed by atoms with Gasteiger partial charge >= 0.3 is 5.97 Å². The Morgan fingerprint density at radius 1 is 1.35 bits per heavy atom. The highest BCUT2D eigenvalue weighted by molar-refractivity contribution is 9.10. The molecule has 0 saturated heterocycles. The van der Waals surface area contributed by atoms with Crippen LogP contribution in [0.1, 0.15) is 61.6 Å². The van der Waals surface area contributed by atoms with E-state index < -0.39 is 0 Å². The quantitative estimate of drug-likeness (QED) is 0.713. The van der Waals surface area contributed by atoms with Crippen molar-refractivity contribution in [3.8, 4) is 0 Å². The first-order valence-electron chi connectivity index (χ1n) is 7.56. The highest BCUT2D eigenvalue weighted by Crippen LogP contribution is 2.40. The molecule has 0 N–H and O–H groups in total. The van der Waals surface area contributed by atoms with Crippen molar-refractivity contribution in [2.24, 2.45) is 0 Å². The summed E-state index contributed by atoms with van der Waals surface area (Å²) in [5.41, 5.74) is 4.04. The van der Waals surface area contributed by atoms with Crippen molar-refractivity contribution >= 4 is 21.9 Å². The van der Waals surface area contributed by atoms with E-state index in [-0.39, 0.29) is 5.97 Å². The number of hydrogen-bond donors (Lipinski definition) is 0. The van der Waals surface area contributed by atoms with Gasteiger partial charge in [-0.25, -0.2) is 0 Å². The van der Waals surface area contributed by atoms with Crippen molar-refractivity contribution in [1.29, 1.82) is 0 Å². The summed E-state index contributed by atoms with van der Waals surface area (Å²) in [5, 5.41) is 0. The Hall–Kier alpha value is -0.830. The number of benzene rings is 1. The Bertz CT molecular complexity index is 453. The molecule has 0 bridgehead atoms. The third-order valence-electron chi connectivity index (χ3n) is 4.08. The molecular formula is C17H23BrO2. The highest BCUT2D eigenvalue weighted by Gasteiger charge is 2.21. The third kappa shape index (κ3) is 3.85. The predicted octanol–water partition coefficient (Wildman–Crippen LogP) is 4.91. The summed E-state index contributed by atoms with van der Waals surface area (Å²) < 4.78 is 6.19. The summed E-state index contributed by atoms with van der Waals surface area (Å²) in [4.78, 5) is 11.4. The number of rotatable bonds is 5. The number of aryl methyl sites for hydroxylation is 2. The van der Waals surface area contributed by atoms with Crippen molar-refractivity contribution in [1.82, 2.24) is 0 Å². The average Bonchev–Trinajstić information content (AvgIpc) is 2.90. The predicted molar refractivity (Wildman–Crippen MR) is 85.0 cm³/mol. The van der Waals surface area contributed by atoms with Crippen LogP contribution < -0.4 is 0 Å². The number of halogens is 1. The molecule has 2 nitrogen and oxygen atoms in total. The Morgan fingerprint density at radius 3 is 2.65 bits per heavy atom. The molecule has 0 unspecified atom stereocenters. The minimum absolute atomic E-state index is 0.110. The zero-order valence-electron chi connectivity index (χ0n) is 12.4. The zero-order valence-corrected chi connectivity index (χ0v) is 14.0. The molecule has 3 heteroatoms. The molecule has 0 spiro atoms. The SMILES string of the molecule is CCOC(=O)CCc1cc(C)c(C2CCCC2)c(Br)c1. The maximum Gasteiger partial charge on any atom is 0.306 e. The Balaban J connectivity index is 2.07. The van der Waals surface area contributed by atoms with E-state index in [9.17, 15) is 4.79 Å². The minimum Gasteiger partial charge on any atom is -0.466 e. The van der Waals surface area contributed by atoms with Gasteiger partial charge in [0, 0.05) is 10.9 Å². The molecule has 110 valence electrons. The largest absolute Gasteiger partial charge is 0.466 e. The normalized spacial score (nSPS) is 15.6. The summed E-state index contributed by atoms with van der Waals surface area (Å²) >= 11 is 3.73. The average molecular weight is 339 g/mol. The summed E-state index contributed by atoms with van der Waals surface area (Å²) in [6.45, 7) is 4.49. The second kappa shape index (κ2) is 7.26. The molecule has 0 aromatic heterocycles. The van der Waals surface area contributed by atoms with E-state index in [1.165, 1.54) is 46.8 Å². The molecule has 0 aliphatic heterocycles. The maximum atomic E-state index is 11.4. The van der Waals surface area contributed by atoms with Gasteiger partial charge in [-0.1, -0.05) is 34.8 Å². The van der Waals surface area contributed by atoms with E-state index in [2.05, 4.69) is 35.0 Å². The molecule has 20 heavy (non-hydrogen) atoms. The molecular weight excluding hydrogens is 316 g/mol. The van der Waals surface area contributed by atoms with Crippen LogP contribution in [0.15, 0.2) is 16.6 Å². The van der Waals surface area contributed by atoms with Crippen molar-refractivity contribution in [3.63, 3.8) is 0 Å². The number of ether oxygens (including phenoxy) is 1. The second-order valence-electron chi connectivity index (χ2n) is 5.59. The van der Waals surface area contributed by atoms with E-state index in [0.717, 1.165) is 6.42 Å². The van der Waals surface area contributed by atoms with Crippen LogP contribution in [0.5, 0.6) is 0 Å². The van der Waals surface area contributed by atoms with Crippen molar-refractivity contribution in [3.05, 3.63) is 33.3 Å². The fourth-order valence-electron chi connectivity index (χ4n) is 3.18. The minimum atomic E-state index is -0.110. The molecule has 0 atom stereocenters. The molecule has 2 rings (SSSR count). The first kappa shape index (κ1) is 15.6. The van der Waals surface area contributed by atoms with Crippen LogP contribution >= 0.6 is 15.9 Å². The van der Waals surface area contributed by atoms with E-state index >= 15 is 0 Å². The van der Waals surface area contributed by atoms with Crippen molar-refractivity contribution < 1.29 is 9.53 Å². The van der Waals surface area contributed by atoms with Gasteiger partial charge < -0.3 is 4.74 Å². The summed E-state index contributed by atoms with van der Waals surface area (Å²) in [7, 11) is 0. The third-order valence-corrected chi connectivity index (χ3v) is 4.74. The van der Waals surface area contributed by atoms with Crippen LogP contribution in [0.2, 0.25) is 0 Å². The molecule has 1 aliphatic rings. The Kier molecular flexibility index (Phi) is 5.64. The highest BCUT2D eigenvalue weighted by atomic mass is 79.9. The monoisotopic (exact) mass is 338 g/mol. The lowest BCUT2D eigenvalue weighted by Gasteiger charge is -2.17. The van der Waals surface area contributed by atoms with Crippen molar-refractivity contribution in [2.45, 2.75) is 58.3 Å². The van der Waals surface area contributed by atoms with E-state index in [1.54, 1.807) is 0 Å². The van der Waals surface area contributed by atoms with Crippen LogP contribution in [-0.2, 0) is 16.0 Å². The lowest BCUT2D eigenvalue weighted by Crippen LogP contribution is -2.06. The molecule has 1 aromatic carbocycles. The standard InChI is InChI=1S/C17H23BrO2/c1-3-20-16(19)9-8-13-10-12(2)17(15(18)11-13)14-6-4-5-7-14/h10-11,14H,3-9H2,1-2H3. The van der Waals surface area contributed by atoms with Crippen molar-refractivity contribution in [2.75, 3.05) is 6.61 Å². The van der Waals surface area contributed by atoms with Gasteiger partial charge in [-0.2, -0.15) is 0 Å². The van der Waals surface area contributed by atoms with Crippen LogP contribution in [0.25, 0.3) is 0 Å². The smallest absolute Gasteiger partial charge is 0.306 e. The Morgan fingerprint density at radius 2 is 2.05 bits per heavy atom. The van der Waals surface area contributed by atoms with Gasteiger partial charge in [0.25, 0.3) is 0 Å². The summed E-state index contributed by atoms with van der Waals surface area (Å²) in [6, 6.07) is 4.41. The lowest BCUT2D eigenvalue weighted by molar-refractivity contribution is -0.143. The van der Waals surface area contributed by atoms with E-state index in [1.807, 2.05) is 6.92 Å². The molecule has 1 aromatic rings. The first-order valence-corrected chi connectivity index (χ1v) is 8.35. The fraction of sp³-hybridized carbons (Fsp3) is 0.588. The summed E-state index contributed by atoms with van der Waals surface area (Å²) in [5.74, 6) is 0.602. The summed E-state index contributed by atoms with van der Waals surface area (Å²) in [6.07, 6.45) is 6.53. The molecule has 1 aliphatic carbocycles. The topological polar surface area (TPSA) is 26.3 Å².